The predicted octanol–water partition coefficient (Wildman–Crippen LogP) is 2.66. The summed E-state index contributed by atoms with van der Waals surface area (Å²) in [6.45, 7) is 2.20. The quantitative estimate of drug-likeness (QED) is 0.852. The van der Waals surface area contributed by atoms with Gasteiger partial charge in [0, 0.05) is 19.4 Å². The van der Waals surface area contributed by atoms with Crippen LogP contribution in [0.1, 0.15) is 49.0 Å². The van der Waals surface area contributed by atoms with Crippen molar-refractivity contribution < 1.29 is 14.3 Å². The SMILES string of the molecule is O=C(c1ccccn1)N1C[C@@H](OCC2CCCC2)[C@@H]2OCCC[C@@H]21. The van der Waals surface area contributed by atoms with Crippen molar-refractivity contribution in [2.75, 3.05) is 19.8 Å². The fourth-order valence-corrected chi connectivity index (χ4v) is 4.36. The minimum atomic E-state index is 0.00284. The van der Waals surface area contributed by atoms with E-state index in [2.05, 4.69) is 4.98 Å². The summed E-state index contributed by atoms with van der Waals surface area (Å²) in [6.07, 6.45) is 8.89. The Morgan fingerprint density at radius 2 is 2.12 bits per heavy atom. The second-order valence-electron chi connectivity index (χ2n) is 7.24. The van der Waals surface area contributed by atoms with Gasteiger partial charge in [-0.15, -0.1) is 0 Å². The first-order valence-electron chi connectivity index (χ1n) is 9.28. The van der Waals surface area contributed by atoms with Crippen LogP contribution in [0.4, 0.5) is 0 Å². The van der Waals surface area contributed by atoms with E-state index < -0.39 is 0 Å². The monoisotopic (exact) mass is 330 g/mol. The normalized spacial score (nSPS) is 30.5. The van der Waals surface area contributed by atoms with Crippen molar-refractivity contribution in [2.45, 2.75) is 56.8 Å². The molecule has 0 radical (unpaired) electrons. The molecule has 24 heavy (non-hydrogen) atoms. The van der Waals surface area contributed by atoms with Gasteiger partial charge in [-0.3, -0.25) is 9.78 Å². The molecule has 3 aliphatic rings. The third-order valence-electron chi connectivity index (χ3n) is 5.64. The molecule has 0 spiro atoms. The molecule has 1 aromatic rings. The molecule has 0 unspecified atom stereocenters. The van der Waals surface area contributed by atoms with Gasteiger partial charge in [-0.1, -0.05) is 18.9 Å². The summed E-state index contributed by atoms with van der Waals surface area (Å²) in [5.74, 6) is 0.690. The van der Waals surface area contributed by atoms with Gasteiger partial charge in [-0.05, 0) is 43.7 Å². The van der Waals surface area contributed by atoms with Gasteiger partial charge in [0.25, 0.3) is 5.91 Å². The molecule has 0 bridgehead atoms. The van der Waals surface area contributed by atoms with Crippen LogP contribution in [0, 0.1) is 5.92 Å². The second-order valence-corrected chi connectivity index (χ2v) is 7.24. The number of ether oxygens (including phenoxy) is 2. The molecule has 5 nitrogen and oxygen atoms in total. The molecule has 2 aliphatic heterocycles. The summed E-state index contributed by atoms with van der Waals surface area (Å²) in [5.41, 5.74) is 0.512. The van der Waals surface area contributed by atoms with E-state index in [1.165, 1.54) is 25.7 Å². The topological polar surface area (TPSA) is 51.7 Å². The first-order valence-corrected chi connectivity index (χ1v) is 9.28. The van der Waals surface area contributed by atoms with Crippen molar-refractivity contribution >= 4 is 5.91 Å². The second kappa shape index (κ2) is 7.19. The van der Waals surface area contributed by atoms with Gasteiger partial charge < -0.3 is 14.4 Å². The minimum absolute atomic E-state index is 0.00284. The first kappa shape index (κ1) is 16.0. The number of amides is 1. The van der Waals surface area contributed by atoms with E-state index >= 15 is 0 Å². The molecule has 2 saturated heterocycles. The van der Waals surface area contributed by atoms with Gasteiger partial charge >= 0.3 is 0 Å². The third-order valence-corrected chi connectivity index (χ3v) is 5.64. The third kappa shape index (κ3) is 3.20. The van der Waals surface area contributed by atoms with Crippen molar-refractivity contribution in [3.63, 3.8) is 0 Å². The average molecular weight is 330 g/mol. The van der Waals surface area contributed by atoms with Crippen molar-refractivity contribution in [1.82, 2.24) is 9.88 Å². The zero-order chi connectivity index (χ0) is 16.4. The Bertz CT molecular complexity index is 559. The number of hydrogen-bond acceptors (Lipinski definition) is 4. The van der Waals surface area contributed by atoms with Crippen LogP contribution in [0.25, 0.3) is 0 Å². The molecular formula is C19H26N2O3. The maximum absolute atomic E-state index is 12.9. The molecule has 1 aromatic heterocycles. The highest BCUT2D eigenvalue weighted by atomic mass is 16.5. The van der Waals surface area contributed by atoms with Crippen LogP contribution >= 0.6 is 0 Å². The lowest BCUT2D eigenvalue weighted by Crippen LogP contribution is -2.44. The van der Waals surface area contributed by atoms with E-state index in [4.69, 9.17) is 9.47 Å². The van der Waals surface area contributed by atoms with Gasteiger partial charge in [-0.2, -0.15) is 0 Å². The lowest BCUT2D eigenvalue weighted by atomic mass is 10.0. The molecule has 4 rings (SSSR count). The highest BCUT2D eigenvalue weighted by molar-refractivity contribution is 5.92. The fraction of sp³-hybridized carbons (Fsp3) is 0.684. The smallest absolute Gasteiger partial charge is 0.272 e. The van der Waals surface area contributed by atoms with Crippen LogP contribution in [-0.2, 0) is 9.47 Å². The zero-order valence-electron chi connectivity index (χ0n) is 14.1. The van der Waals surface area contributed by atoms with Crippen LogP contribution in [0.5, 0.6) is 0 Å². The number of rotatable bonds is 4. The van der Waals surface area contributed by atoms with E-state index in [1.54, 1.807) is 12.3 Å². The highest BCUT2D eigenvalue weighted by Crippen LogP contribution is 2.33. The zero-order valence-corrected chi connectivity index (χ0v) is 14.1. The van der Waals surface area contributed by atoms with Crippen LogP contribution in [-0.4, -0.2) is 53.8 Å². The summed E-state index contributed by atoms with van der Waals surface area (Å²) < 4.78 is 12.2. The van der Waals surface area contributed by atoms with Gasteiger partial charge in [0.15, 0.2) is 0 Å². The number of nitrogens with zero attached hydrogens (tertiary/aromatic N) is 2. The molecule has 1 aliphatic carbocycles. The van der Waals surface area contributed by atoms with Gasteiger partial charge in [0.1, 0.15) is 17.9 Å². The highest BCUT2D eigenvalue weighted by Gasteiger charge is 2.47. The molecule has 3 fully saturated rings. The molecule has 3 heterocycles. The predicted molar refractivity (Wildman–Crippen MR) is 89.7 cm³/mol. The number of hydrogen-bond donors (Lipinski definition) is 0. The maximum atomic E-state index is 12.9. The molecule has 130 valence electrons. The number of carbonyl (C=O) groups is 1. The molecule has 0 N–H and O–H groups in total. The number of pyridine rings is 1. The average Bonchev–Trinajstić information content (AvgIpc) is 3.28. The molecule has 5 heteroatoms. The number of carbonyl (C=O) groups excluding carboxylic acids is 1. The van der Waals surface area contributed by atoms with E-state index in [0.29, 0.717) is 18.2 Å². The Kier molecular flexibility index (Phi) is 4.81. The van der Waals surface area contributed by atoms with Crippen molar-refractivity contribution in [3.05, 3.63) is 30.1 Å². The van der Waals surface area contributed by atoms with E-state index in [-0.39, 0.29) is 24.2 Å². The van der Waals surface area contributed by atoms with E-state index in [9.17, 15) is 4.79 Å². The van der Waals surface area contributed by atoms with E-state index in [1.807, 2.05) is 17.0 Å². The summed E-state index contributed by atoms with van der Waals surface area (Å²) in [5, 5.41) is 0. The van der Waals surface area contributed by atoms with Crippen molar-refractivity contribution in [1.29, 1.82) is 0 Å². The fourth-order valence-electron chi connectivity index (χ4n) is 4.36. The molecular weight excluding hydrogens is 304 g/mol. The van der Waals surface area contributed by atoms with Crippen LogP contribution in [0.15, 0.2) is 24.4 Å². The Balaban J connectivity index is 1.45. The standard InChI is InChI=1S/C19H26N2O3/c22-19(15-8-3-4-10-20-15)21-12-17(18-16(21)9-5-11-23-18)24-13-14-6-1-2-7-14/h3-4,8,10,14,16-18H,1-2,5-7,9,11-13H2/t16-,17+,18+/m0/s1. The Morgan fingerprint density at radius 1 is 1.25 bits per heavy atom. The van der Waals surface area contributed by atoms with Gasteiger partial charge in [0.2, 0.25) is 0 Å². The Morgan fingerprint density at radius 3 is 2.92 bits per heavy atom. The van der Waals surface area contributed by atoms with Crippen molar-refractivity contribution in [2.24, 2.45) is 5.92 Å². The van der Waals surface area contributed by atoms with Crippen molar-refractivity contribution in [3.8, 4) is 0 Å². The molecule has 1 amide bonds. The molecule has 0 aromatic carbocycles. The number of fused-ring (bicyclic) bond motifs is 1. The van der Waals surface area contributed by atoms with Crippen LogP contribution in [0.3, 0.4) is 0 Å². The lowest BCUT2D eigenvalue weighted by molar-refractivity contribution is -0.0821. The van der Waals surface area contributed by atoms with Crippen LogP contribution in [0.2, 0.25) is 0 Å². The largest absolute Gasteiger partial charge is 0.373 e. The Hall–Kier alpha value is -1.46. The Labute approximate surface area is 143 Å². The summed E-state index contributed by atoms with van der Waals surface area (Å²) in [6, 6.07) is 5.61. The summed E-state index contributed by atoms with van der Waals surface area (Å²) in [4.78, 5) is 19.0. The summed E-state index contributed by atoms with van der Waals surface area (Å²) in [7, 11) is 0. The lowest BCUT2D eigenvalue weighted by Gasteiger charge is -2.32. The van der Waals surface area contributed by atoms with Crippen LogP contribution < -0.4 is 0 Å². The maximum Gasteiger partial charge on any atom is 0.272 e. The van der Waals surface area contributed by atoms with Gasteiger partial charge in [0.05, 0.1) is 12.6 Å². The summed E-state index contributed by atoms with van der Waals surface area (Å²) >= 11 is 0. The number of aromatic nitrogens is 1. The van der Waals surface area contributed by atoms with Gasteiger partial charge in [-0.25, -0.2) is 0 Å². The number of likely N-dealkylation sites (tertiary alicyclic amines) is 1. The molecule has 1 saturated carbocycles. The molecule has 3 atom stereocenters. The minimum Gasteiger partial charge on any atom is -0.373 e. The van der Waals surface area contributed by atoms with E-state index in [0.717, 1.165) is 26.1 Å². The first-order chi connectivity index (χ1) is 11.8.